The largest absolute Gasteiger partial charge is 0.370 e. The molecule has 18 heavy (non-hydrogen) atoms. The highest BCUT2D eigenvalue weighted by Gasteiger charge is 2.01. The molecule has 3 N–H and O–H groups in total. The van der Waals surface area contributed by atoms with Crippen molar-refractivity contribution in [1.82, 2.24) is 5.32 Å². The molecule has 0 unspecified atom stereocenters. The molecule has 0 aliphatic heterocycles. The number of hydrogen-bond donors (Lipinski definition) is 2. The number of nitrogens with zero attached hydrogens (tertiary/aromatic N) is 1. The minimum atomic E-state index is 0.305. The Labute approximate surface area is 118 Å². The molecular weight excluding hydrogens is 269 g/mol. The molecule has 0 fully saturated rings. The lowest BCUT2D eigenvalue weighted by Crippen LogP contribution is -2.36. The third kappa shape index (κ3) is 5.61. The van der Waals surface area contributed by atoms with Crippen LogP contribution in [-0.4, -0.2) is 18.5 Å². The Morgan fingerprint density at radius 2 is 2.11 bits per heavy atom. The van der Waals surface area contributed by atoms with Crippen molar-refractivity contribution in [2.24, 2.45) is 10.7 Å². The van der Waals surface area contributed by atoms with E-state index in [4.69, 9.17) is 28.9 Å². The SMILES string of the molecule is CC(C)NC(N)=NCCCc1ccc(Cl)cc1Cl. The predicted octanol–water partition coefficient (Wildman–Crippen LogP) is 3.24. The molecule has 0 aliphatic carbocycles. The van der Waals surface area contributed by atoms with E-state index in [0.29, 0.717) is 28.6 Å². The molecule has 0 amide bonds. The molecule has 100 valence electrons. The van der Waals surface area contributed by atoms with Crippen LogP contribution >= 0.6 is 23.2 Å². The molecule has 0 aliphatic rings. The van der Waals surface area contributed by atoms with Gasteiger partial charge in [-0.1, -0.05) is 29.3 Å². The maximum atomic E-state index is 6.08. The number of rotatable bonds is 5. The predicted molar refractivity (Wildman–Crippen MR) is 79.5 cm³/mol. The fourth-order valence-electron chi connectivity index (χ4n) is 1.53. The van der Waals surface area contributed by atoms with E-state index in [-0.39, 0.29) is 0 Å². The van der Waals surface area contributed by atoms with Gasteiger partial charge in [0.1, 0.15) is 0 Å². The summed E-state index contributed by atoms with van der Waals surface area (Å²) in [4.78, 5) is 4.24. The molecular formula is C13H19Cl2N3. The minimum absolute atomic E-state index is 0.305. The second kappa shape index (κ2) is 7.49. The van der Waals surface area contributed by atoms with Crippen LogP contribution in [0.25, 0.3) is 0 Å². The molecule has 1 aromatic rings. The van der Waals surface area contributed by atoms with E-state index in [2.05, 4.69) is 10.3 Å². The number of halogens is 2. The Morgan fingerprint density at radius 3 is 2.72 bits per heavy atom. The first kappa shape index (κ1) is 15.1. The van der Waals surface area contributed by atoms with E-state index in [1.807, 2.05) is 26.0 Å². The molecule has 0 bridgehead atoms. The number of nitrogens with two attached hydrogens (primary N) is 1. The topological polar surface area (TPSA) is 50.4 Å². The van der Waals surface area contributed by atoms with Crippen LogP contribution in [0.2, 0.25) is 10.0 Å². The third-order valence-electron chi connectivity index (χ3n) is 2.34. The fourth-order valence-corrected chi connectivity index (χ4v) is 2.04. The van der Waals surface area contributed by atoms with Gasteiger partial charge in [0, 0.05) is 22.6 Å². The molecule has 0 atom stereocenters. The zero-order valence-electron chi connectivity index (χ0n) is 10.7. The molecule has 0 spiro atoms. The monoisotopic (exact) mass is 287 g/mol. The van der Waals surface area contributed by atoms with Crippen LogP contribution < -0.4 is 11.1 Å². The smallest absolute Gasteiger partial charge is 0.188 e. The number of aliphatic imine (C=N–C) groups is 1. The molecule has 0 saturated heterocycles. The van der Waals surface area contributed by atoms with Gasteiger partial charge in [-0.25, -0.2) is 0 Å². The van der Waals surface area contributed by atoms with E-state index in [9.17, 15) is 0 Å². The summed E-state index contributed by atoms with van der Waals surface area (Å²) in [7, 11) is 0. The first-order valence-electron chi connectivity index (χ1n) is 5.99. The van der Waals surface area contributed by atoms with Gasteiger partial charge in [0.05, 0.1) is 0 Å². The molecule has 1 rings (SSSR count). The second-order valence-corrected chi connectivity index (χ2v) is 5.25. The van der Waals surface area contributed by atoms with Crippen molar-refractivity contribution in [2.75, 3.05) is 6.54 Å². The van der Waals surface area contributed by atoms with Gasteiger partial charge in [-0.15, -0.1) is 0 Å². The zero-order valence-corrected chi connectivity index (χ0v) is 12.2. The van der Waals surface area contributed by atoms with Crippen LogP contribution in [0.15, 0.2) is 23.2 Å². The van der Waals surface area contributed by atoms with Crippen molar-refractivity contribution in [3.05, 3.63) is 33.8 Å². The number of guanidine groups is 1. The summed E-state index contributed by atoms with van der Waals surface area (Å²) in [5.41, 5.74) is 6.79. The summed E-state index contributed by atoms with van der Waals surface area (Å²) in [6.07, 6.45) is 1.77. The van der Waals surface area contributed by atoms with Gasteiger partial charge in [0.25, 0.3) is 0 Å². The van der Waals surface area contributed by atoms with Gasteiger partial charge < -0.3 is 11.1 Å². The normalized spacial score (nSPS) is 11.9. The third-order valence-corrected chi connectivity index (χ3v) is 2.92. The minimum Gasteiger partial charge on any atom is -0.370 e. The molecule has 1 aromatic carbocycles. The van der Waals surface area contributed by atoms with Crippen LogP contribution in [0.4, 0.5) is 0 Å². The van der Waals surface area contributed by atoms with Gasteiger partial charge in [-0.2, -0.15) is 0 Å². The summed E-state index contributed by atoms with van der Waals surface area (Å²) in [5.74, 6) is 0.493. The molecule has 0 saturated carbocycles. The summed E-state index contributed by atoms with van der Waals surface area (Å²) in [5, 5.41) is 4.41. The van der Waals surface area contributed by atoms with Crippen LogP contribution in [0, 0.1) is 0 Å². The number of nitrogens with one attached hydrogen (secondary N) is 1. The van der Waals surface area contributed by atoms with E-state index >= 15 is 0 Å². The number of hydrogen-bond acceptors (Lipinski definition) is 1. The lowest BCUT2D eigenvalue weighted by atomic mass is 10.1. The summed E-state index contributed by atoms with van der Waals surface area (Å²) < 4.78 is 0. The maximum absolute atomic E-state index is 6.08. The van der Waals surface area contributed by atoms with Gasteiger partial charge in [-0.05, 0) is 44.4 Å². The molecule has 5 heteroatoms. The van der Waals surface area contributed by atoms with Crippen molar-refractivity contribution < 1.29 is 0 Å². The highest BCUT2D eigenvalue weighted by atomic mass is 35.5. The Balaban J connectivity index is 2.38. The molecule has 0 aromatic heterocycles. The maximum Gasteiger partial charge on any atom is 0.188 e. The Bertz CT molecular complexity index is 417. The average molecular weight is 288 g/mol. The highest BCUT2D eigenvalue weighted by molar-refractivity contribution is 6.35. The van der Waals surface area contributed by atoms with Crippen molar-refractivity contribution in [3.8, 4) is 0 Å². The Hall–Kier alpha value is -0.930. The van der Waals surface area contributed by atoms with Crippen molar-refractivity contribution in [2.45, 2.75) is 32.7 Å². The van der Waals surface area contributed by atoms with Crippen molar-refractivity contribution in [3.63, 3.8) is 0 Å². The molecule has 0 heterocycles. The van der Waals surface area contributed by atoms with E-state index in [1.165, 1.54) is 0 Å². The van der Waals surface area contributed by atoms with Gasteiger partial charge in [0.2, 0.25) is 0 Å². The highest BCUT2D eigenvalue weighted by Crippen LogP contribution is 2.21. The second-order valence-electron chi connectivity index (χ2n) is 4.41. The van der Waals surface area contributed by atoms with Crippen LogP contribution in [-0.2, 0) is 6.42 Å². The number of aryl methyl sites for hydroxylation is 1. The lowest BCUT2D eigenvalue weighted by molar-refractivity contribution is 0.719. The fraction of sp³-hybridized carbons (Fsp3) is 0.462. The zero-order chi connectivity index (χ0) is 13.5. The van der Waals surface area contributed by atoms with Gasteiger partial charge in [0.15, 0.2) is 5.96 Å². The van der Waals surface area contributed by atoms with E-state index in [0.717, 1.165) is 18.4 Å². The lowest BCUT2D eigenvalue weighted by Gasteiger charge is -2.08. The van der Waals surface area contributed by atoms with Gasteiger partial charge in [-0.3, -0.25) is 4.99 Å². The molecule has 0 radical (unpaired) electrons. The Kier molecular flexibility index (Phi) is 6.30. The van der Waals surface area contributed by atoms with Gasteiger partial charge >= 0.3 is 0 Å². The van der Waals surface area contributed by atoms with E-state index in [1.54, 1.807) is 6.07 Å². The summed E-state index contributed by atoms with van der Waals surface area (Å²) in [6, 6.07) is 5.86. The van der Waals surface area contributed by atoms with E-state index < -0.39 is 0 Å². The average Bonchev–Trinajstić information content (AvgIpc) is 2.25. The van der Waals surface area contributed by atoms with Crippen LogP contribution in [0.3, 0.4) is 0 Å². The van der Waals surface area contributed by atoms with Crippen LogP contribution in [0.1, 0.15) is 25.8 Å². The summed E-state index contributed by atoms with van der Waals surface area (Å²) >= 11 is 11.9. The van der Waals surface area contributed by atoms with Crippen molar-refractivity contribution in [1.29, 1.82) is 0 Å². The number of benzene rings is 1. The molecule has 3 nitrogen and oxygen atoms in total. The Morgan fingerprint density at radius 1 is 1.39 bits per heavy atom. The van der Waals surface area contributed by atoms with Crippen LogP contribution in [0.5, 0.6) is 0 Å². The summed E-state index contributed by atoms with van der Waals surface area (Å²) in [6.45, 7) is 4.73. The quantitative estimate of drug-likeness (QED) is 0.496. The first-order valence-corrected chi connectivity index (χ1v) is 6.75. The standard InChI is InChI=1S/C13H19Cl2N3/c1-9(2)18-13(16)17-7-3-4-10-5-6-11(14)8-12(10)15/h5-6,8-9H,3-4,7H2,1-2H3,(H3,16,17,18). The first-order chi connectivity index (χ1) is 8.49. The van der Waals surface area contributed by atoms with Crippen molar-refractivity contribution >= 4 is 29.2 Å².